The summed E-state index contributed by atoms with van der Waals surface area (Å²) in [5.74, 6) is -0.324. The molecule has 0 heterocycles. The van der Waals surface area contributed by atoms with Gasteiger partial charge < -0.3 is 4.74 Å². The van der Waals surface area contributed by atoms with E-state index in [1.807, 2.05) is 20.1 Å². The number of hydrogen-bond donors (Lipinski definition) is 0. The van der Waals surface area contributed by atoms with Crippen LogP contribution in [0.2, 0.25) is 0 Å². The normalized spacial score (nSPS) is 11.1. The molecule has 0 aromatic carbocycles. The lowest BCUT2D eigenvalue weighted by atomic mass is 9.94. The summed E-state index contributed by atoms with van der Waals surface area (Å²) in [6.07, 6.45) is 4.95. The molecular formula is C11H19O3. The van der Waals surface area contributed by atoms with Gasteiger partial charge >= 0.3 is 5.97 Å². The largest absolute Gasteiger partial charge is 0.451 e. The molecule has 0 spiro atoms. The Labute approximate surface area is 85.8 Å². The van der Waals surface area contributed by atoms with Crippen molar-refractivity contribution in [3.05, 3.63) is 0 Å². The van der Waals surface area contributed by atoms with E-state index in [4.69, 9.17) is 4.74 Å². The van der Waals surface area contributed by atoms with Gasteiger partial charge in [-0.2, -0.15) is 0 Å². The zero-order valence-electron chi connectivity index (χ0n) is 9.26. The van der Waals surface area contributed by atoms with Gasteiger partial charge in [0.1, 0.15) is 0 Å². The van der Waals surface area contributed by atoms with Crippen LogP contribution in [0.1, 0.15) is 52.9 Å². The summed E-state index contributed by atoms with van der Waals surface area (Å²) in [6, 6.07) is 0. The molecule has 0 amide bonds. The number of esters is 1. The van der Waals surface area contributed by atoms with Crippen LogP contribution in [0.4, 0.5) is 0 Å². The molecule has 0 aromatic rings. The first-order valence-electron chi connectivity index (χ1n) is 5.25. The van der Waals surface area contributed by atoms with Crippen molar-refractivity contribution in [2.75, 3.05) is 0 Å². The van der Waals surface area contributed by atoms with E-state index in [0.29, 0.717) is 19.3 Å². The van der Waals surface area contributed by atoms with Crippen molar-refractivity contribution in [3.8, 4) is 0 Å². The Morgan fingerprint density at radius 2 is 1.71 bits per heavy atom. The van der Waals surface area contributed by atoms with E-state index in [1.165, 1.54) is 0 Å². The van der Waals surface area contributed by atoms with Crippen molar-refractivity contribution in [2.45, 2.75) is 58.5 Å². The highest BCUT2D eigenvalue weighted by atomic mass is 16.6. The molecule has 0 aromatic heterocycles. The van der Waals surface area contributed by atoms with Gasteiger partial charge in [0, 0.05) is 6.42 Å². The summed E-state index contributed by atoms with van der Waals surface area (Å²) in [6.45, 7) is 5.64. The fourth-order valence-corrected chi connectivity index (χ4v) is 1.45. The van der Waals surface area contributed by atoms with Gasteiger partial charge in [-0.1, -0.05) is 33.6 Å². The second-order valence-corrected chi connectivity index (χ2v) is 3.42. The zero-order valence-corrected chi connectivity index (χ0v) is 9.26. The molecule has 0 saturated heterocycles. The Bertz CT molecular complexity index is 181. The van der Waals surface area contributed by atoms with E-state index in [9.17, 15) is 9.59 Å². The summed E-state index contributed by atoms with van der Waals surface area (Å²) in [4.78, 5) is 22.0. The Balaban J connectivity index is 4.47. The van der Waals surface area contributed by atoms with Gasteiger partial charge in [0.2, 0.25) is 6.29 Å². The summed E-state index contributed by atoms with van der Waals surface area (Å²) in [5, 5.41) is 0. The third-order valence-electron chi connectivity index (χ3n) is 2.09. The van der Waals surface area contributed by atoms with E-state index >= 15 is 0 Å². The molecule has 0 atom stereocenters. The van der Waals surface area contributed by atoms with E-state index in [2.05, 4.69) is 0 Å². The van der Waals surface area contributed by atoms with Crippen LogP contribution in [0.5, 0.6) is 0 Å². The quantitative estimate of drug-likeness (QED) is 0.591. The van der Waals surface area contributed by atoms with Crippen LogP contribution in [-0.4, -0.2) is 17.9 Å². The van der Waals surface area contributed by atoms with Crippen LogP contribution in [0.15, 0.2) is 0 Å². The lowest BCUT2D eigenvalue weighted by Gasteiger charge is -2.26. The maximum absolute atomic E-state index is 11.1. The minimum absolute atomic E-state index is 0.302. The molecule has 0 aliphatic heterocycles. The molecule has 81 valence electrons. The Hall–Kier alpha value is -0.860. The molecule has 0 fully saturated rings. The predicted octanol–water partition coefficient (Wildman–Crippen LogP) is 2.39. The van der Waals surface area contributed by atoms with E-state index < -0.39 is 5.60 Å². The van der Waals surface area contributed by atoms with Crippen molar-refractivity contribution in [3.63, 3.8) is 0 Å². The first-order chi connectivity index (χ1) is 6.64. The zero-order chi connectivity index (χ0) is 11.0. The second kappa shape index (κ2) is 6.57. The van der Waals surface area contributed by atoms with Gasteiger partial charge in [-0.15, -0.1) is 0 Å². The number of ether oxygens (including phenoxy) is 1. The molecule has 0 N–H and O–H groups in total. The topological polar surface area (TPSA) is 43.4 Å². The molecule has 14 heavy (non-hydrogen) atoms. The Kier molecular flexibility index (Phi) is 6.17. The molecule has 0 aliphatic rings. The number of hydrogen-bond acceptors (Lipinski definition) is 3. The molecule has 0 rings (SSSR count). The standard InChI is InChI=1S/C11H19O3/c1-4-7-11(9-12,8-5-2)14-10(13)6-3/h4-8H2,1-3H3. The first-order valence-corrected chi connectivity index (χ1v) is 5.25. The number of rotatable bonds is 7. The van der Waals surface area contributed by atoms with Gasteiger partial charge in [0.25, 0.3) is 0 Å². The van der Waals surface area contributed by atoms with Crippen LogP contribution < -0.4 is 0 Å². The first kappa shape index (κ1) is 13.1. The van der Waals surface area contributed by atoms with Crippen molar-refractivity contribution in [2.24, 2.45) is 0 Å². The summed E-state index contributed by atoms with van der Waals surface area (Å²) >= 11 is 0. The molecule has 3 nitrogen and oxygen atoms in total. The molecule has 1 radical (unpaired) electrons. The lowest BCUT2D eigenvalue weighted by molar-refractivity contribution is -0.154. The van der Waals surface area contributed by atoms with Crippen molar-refractivity contribution in [1.29, 1.82) is 0 Å². The van der Waals surface area contributed by atoms with E-state index in [-0.39, 0.29) is 5.97 Å². The highest BCUT2D eigenvalue weighted by molar-refractivity contribution is 5.74. The predicted molar refractivity (Wildman–Crippen MR) is 54.6 cm³/mol. The molecule has 0 bridgehead atoms. The fourth-order valence-electron chi connectivity index (χ4n) is 1.45. The molecule has 0 aliphatic carbocycles. The monoisotopic (exact) mass is 199 g/mol. The SMILES string of the molecule is CCCC([C]=O)(CCC)OC(=O)CC. The van der Waals surface area contributed by atoms with Gasteiger partial charge in [-0.05, 0) is 12.8 Å². The van der Waals surface area contributed by atoms with Crippen LogP contribution in [-0.2, 0) is 14.3 Å². The Morgan fingerprint density at radius 1 is 1.21 bits per heavy atom. The van der Waals surface area contributed by atoms with E-state index in [1.54, 1.807) is 6.92 Å². The average Bonchev–Trinajstić information content (AvgIpc) is 2.18. The van der Waals surface area contributed by atoms with Crippen molar-refractivity contribution in [1.82, 2.24) is 0 Å². The van der Waals surface area contributed by atoms with Gasteiger partial charge in [0.15, 0.2) is 5.60 Å². The highest BCUT2D eigenvalue weighted by Gasteiger charge is 2.32. The molecular weight excluding hydrogens is 180 g/mol. The Morgan fingerprint density at radius 3 is 2.00 bits per heavy atom. The molecule has 3 heteroatoms. The van der Waals surface area contributed by atoms with Gasteiger partial charge in [-0.25, -0.2) is 0 Å². The minimum atomic E-state index is -0.989. The second-order valence-electron chi connectivity index (χ2n) is 3.42. The van der Waals surface area contributed by atoms with E-state index in [0.717, 1.165) is 12.8 Å². The van der Waals surface area contributed by atoms with Crippen molar-refractivity contribution < 1.29 is 14.3 Å². The minimum Gasteiger partial charge on any atom is -0.451 e. The smallest absolute Gasteiger partial charge is 0.306 e. The third kappa shape index (κ3) is 3.90. The summed E-state index contributed by atoms with van der Waals surface area (Å²) in [5.41, 5.74) is -0.989. The average molecular weight is 199 g/mol. The summed E-state index contributed by atoms with van der Waals surface area (Å²) in [7, 11) is 0. The maximum Gasteiger partial charge on any atom is 0.306 e. The number of carbonyl (C=O) groups excluding carboxylic acids is 2. The van der Waals surface area contributed by atoms with Crippen LogP contribution in [0.3, 0.4) is 0 Å². The van der Waals surface area contributed by atoms with Crippen LogP contribution in [0.25, 0.3) is 0 Å². The van der Waals surface area contributed by atoms with Gasteiger partial charge in [0.05, 0.1) is 0 Å². The molecule has 0 saturated carbocycles. The van der Waals surface area contributed by atoms with Crippen LogP contribution in [0, 0.1) is 0 Å². The maximum atomic E-state index is 11.1. The lowest BCUT2D eigenvalue weighted by Crippen LogP contribution is -2.36. The van der Waals surface area contributed by atoms with Crippen LogP contribution >= 0.6 is 0 Å². The van der Waals surface area contributed by atoms with Gasteiger partial charge in [-0.3, -0.25) is 9.59 Å². The number of carbonyl (C=O) groups is 1. The van der Waals surface area contributed by atoms with Crippen molar-refractivity contribution >= 4 is 12.3 Å². The molecule has 0 unspecified atom stereocenters. The third-order valence-corrected chi connectivity index (χ3v) is 2.09. The highest BCUT2D eigenvalue weighted by Crippen LogP contribution is 2.22. The fraction of sp³-hybridized carbons (Fsp3) is 0.818. The summed E-state index contributed by atoms with van der Waals surface area (Å²) < 4.78 is 5.15.